The molecule has 176 valence electrons. The highest BCUT2D eigenvalue weighted by Crippen LogP contribution is 2.28. The van der Waals surface area contributed by atoms with Gasteiger partial charge in [0.25, 0.3) is 0 Å². The average molecular weight is 464 g/mol. The van der Waals surface area contributed by atoms with E-state index in [9.17, 15) is 18.0 Å². The quantitative estimate of drug-likeness (QED) is 0.629. The molecule has 0 spiro atoms. The maximum Gasteiger partial charge on any atom is 0.243 e. The zero-order valence-corrected chi connectivity index (χ0v) is 19.3. The Morgan fingerprint density at radius 1 is 1.03 bits per heavy atom. The topological polar surface area (TPSA) is 96.0 Å². The van der Waals surface area contributed by atoms with Crippen LogP contribution in [0.3, 0.4) is 0 Å². The molecule has 4 rings (SSSR count). The normalized spacial score (nSPS) is 22.5. The molecule has 1 N–H and O–H groups in total. The molecule has 2 amide bonds. The Bertz CT molecular complexity index is 908. The number of likely N-dealkylation sites (tertiary alicyclic amines) is 1. The van der Waals surface area contributed by atoms with Crippen LogP contribution in [0.4, 0.5) is 0 Å². The number of carbonyl (C=O) groups is 2. The smallest absolute Gasteiger partial charge is 0.243 e. The third-order valence-corrected chi connectivity index (χ3v) is 8.48. The minimum absolute atomic E-state index is 0.0507. The molecule has 1 aromatic carbocycles. The maximum atomic E-state index is 12.7. The van der Waals surface area contributed by atoms with E-state index in [1.807, 2.05) is 4.90 Å². The fraction of sp³-hybridized carbons (Fsp3) is 0.652. The second-order valence-corrected chi connectivity index (χ2v) is 11.0. The highest BCUT2D eigenvalue weighted by molar-refractivity contribution is 7.89. The molecule has 2 heterocycles. The first-order valence-electron chi connectivity index (χ1n) is 11.7. The zero-order valence-electron chi connectivity index (χ0n) is 18.5. The van der Waals surface area contributed by atoms with Crippen molar-refractivity contribution in [2.24, 2.45) is 11.8 Å². The highest BCUT2D eigenvalue weighted by atomic mass is 32.2. The third kappa shape index (κ3) is 5.88. The Hall–Kier alpha value is -1.97. The number of hydrogen-bond acceptors (Lipinski definition) is 5. The van der Waals surface area contributed by atoms with Crippen molar-refractivity contribution in [3.8, 4) is 0 Å². The molecule has 3 fully saturated rings. The van der Waals surface area contributed by atoms with Gasteiger partial charge >= 0.3 is 0 Å². The summed E-state index contributed by atoms with van der Waals surface area (Å²) in [4.78, 5) is 27.2. The standard InChI is InChI=1S/C23H33N3O5S/c27-22(25-11-1-2-20(17-25)23(28)24-16-19-3-4-19)10-7-18-5-8-21(9-6-18)32(29,30)26-12-14-31-15-13-26/h5-6,8-9,19-20H,1-4,7,10-17H2,(H,24,28). The van der Waals surface area contributed by atoms with E-state index in [1.165, 1.54) is 17.1 Å². The predicted molar refractivity (Wildman–Crippen MR) is 119 cm³/mol. The molecular weight excluding hydrogens is 430 g/mol. The summed E-state index contributed by atoms with van der Waals surface area (Å²) < 4.78 is 32.1. The van der Waals surface area contributed by atoms with Gasteiger partial charge in [0.1, 0.15) is 0 Å². The Morgan fingerprint density at radius 3 is 2.44 bits per heavy atom. The minimum Gasteiger partial charge on any atom is -0.379 e. The van der Waals surface area contributed by atoms with Gasteiger partial charge in [-0.2, -0.15) is 4.31 Å². The number of nitrogens with one attached hydrogen (secondary N) is 1. The largest absolute Gasteiger partial charge is 0.379 e. The Morgan fingerprint density at radius 2 is 1.75 bits per heavy atom. The molecule has 2 saturated heterocycles. The molecule has 1 aromatic rings. The van der Waals surface area contributed by atoms with E-state index in [2.05, 4.69) is 5.32 Å². The molecule has 8 nitrogen and oxygen atoms in total. The number of amides is 2. The highest BCUT2D eigenvalue weighted by Gasteiger charge is 2.30. The summed E-state index contributed by atoms with van der Waals surface area (Å²) in [5, 5.41) is 3.04. The molecule has 0 bridgehead atoms. The van der Waals surface area contributed by atoms with Crippen LogP contribution >= 0.6 is 0 Å². The molecule has 9 heteroatoms. The number of rotatable bonds is 8. The van der Waals surface area contributed by atoms with Crippen molar-refractivity contribution < 1.29 is 22.7 Å². The fourth-order valence-corrected chi connectivity index (χ4v) is 5.71. The van der Waals surface area contributed by atoms with Gasteiger partial charge in [-0.05, 0) is 55.7 Å². The van der Waals surface area contributed by atoms with Crippen LogP contribution in [0.25, 0.3) is 0 Å². The number of piperidine rings is 1. The number of ether oxygens (including phenoxy) is 1. The first-order valence-corrected chi connectivity index (χ1v) is 13.1. The number of carbonyl (C=O) groups excluding carboxylic acids is 2. The van der Waals surface area contributed by atoms with Crippen molar-refractivity contribution in [1.82, 2.24) is 14.5 Å². The van der Waals surface area contributed by atoms with Crippen molar-refractivity contribution in [3.05, 3.63) is 29.8 Å². The fourth-order valence-electron chi connectivity index (χ4n) is 4.30. The molecule has 3 aliphatic rings. The first kappa shape index (κ1) is 23.2. The lowest BCUT2D eigenvalue weighted by atomic mass is 9.96. The average Bonchev–Trinajstić information content (AvgIpc) is 3.66. The van der Waals surface area contributed by atoms with Crippen LogP contribution in [-0.4, -0.2) is 75.4 Å². The summed E-state index contributed by atoms with van der Waals surface area (Å²) in [5.41, 5.74) is 0.926. The second kappa shape index (κ2) is 10.3. The molecule has 2 aliphatic heterocycles. The number of morpholine rings is 1. The molecule has 0 radical (unpaired) electrons. The molecule has 1 unspecified atom stereocenters. The summed E-state index contributed by atoms with van der Waals surface area (Å²) in [6, 6.07) is 6.80. The SMILES string of the molecule is O=C(NCC1CC1)C1CCCN(C(=O)CCc2ccc(S(=O)(=O)N3CCOCC3)cc2)C1. The van der Waals surface area contributed by atoms with Crippen LogP contribution in [0.2, 0.25) is 0 Å². The van der Waals surface area contributed by atoms with Crippen molar-refractivity contribution in [3.63, 3.8) is 0 Å². The number of benzene rings is 1. The predicted octanol–water partition coefficient (Wildman–Crippen LogP) is 1.40. The molecule has 0 aromatic heterocycles. The van der Waals surface area contributed by atoms with Crippen molar-refractivity contribution in [1.29, 1.82) is 0 Å². The molecule has 32 heavy (non-hydrogen) atoms. The third-order valence-electron chi connectivity index (χ3n) is 6.57. The van der Waals surface area contributed by atoms with Crippen LogP contribution in [0.1, 0.15) is 37.7 Å². The van der Waals surface area contributed by atoms with Crippen molar-refractivity contribution >= 4 is 21.8 Å². The van der Waals surface area contributed by atoms with E-state index >= 15 is 0 Å². The number of hydrogen-bond donors (Lipinski definition) is 1. The van der Waals surface area contributed by atoms with Gasteiger partial charge in [-0.15, -0.1) is 0 Å². The Kier molecular flexibility index (Phi) is 7.48. The van der Waals surface area contributed by atoms with Crippen molar-refractivity contribution in [2.75, 3.05) is 45.9 Å². The molecular formula is C23H33N3O5S. The lowest BCUT2D eigenvalue weighted by Gasteiger charge is -2.32. The molecule has 1 saturated carbocycles. The first-order chi connectivity index (χ1) is 15.4. The summed E-state index contributed by atoms with van der Waals surface area (Å²) in [6.45, 7) is 3.52. The lowest BCUT2D eigenvalue weighted by molar-refractivity contribution is -0.135. The van der Waals surface area contributed by atoms with Crippen LogP contribution in [0.5, 0.6) is 0 Å². The molecule has 1 atom stereocenters. The second-order valence-electron chi connectivity index (χ2n) is 9.03. The van der Waals surface area contributed by atoms with E-state index in [0.29, 0.717) is 58.2 Å². The number of nitrogens with zero attached hydrogens (tertiary/aromatic N) is 2. The monoisotopic (exact) mass is 463 g/mol. The van der Waals surface area contributed by atoms with E-state index in [0.717, 1.165) is 24.9 Å². The van der Waals surface area contributed by atoms with Gasteiger partial charge in [-0.1, -0.05) is 12.1 Å². The van der Waals surface area contributed by atoms with Gasteiger partial charge in [0.15, 0.2) is 0 Å². The summed E-state index contributed by atoms with van der Waals surface area (Å²) >= 11 is 0. The van der Waals surface area contributed by atoms with Gasteiger partial charge in [-0.25, -0.2) is 8.42 Å². The van der Waals surface area contributed by atoms with Gasteiger partial charge < -0.3 is 15.0 Å². The summed E-state index contributed by atoms with van der Waals surface area (Å²) in [7, 11) is -3.51. The van der Waals surface area contributed by atoms with Gasteiger partial charge in [-0.3, -0.25) is 9.59 Å². The number of sulfonamides is 1. The Balaban J connectivity index is 1.26. The van der Waals surface area contributed by atoms with Gasteiger partial charge in [0, 0.05) is 39.1 Å². The minimum atomic E-state index is -3.51. The number of aryl methyl sites for hydroxylation is 1. The molecule has 1 aliphatic carbocycles. The van der Waals surface area contributed by atoms with Gasteiger partial charge in [0.2, 0.25) is 21.8 Å². The maximum absolute atomic E-state index is 12.7. The van der Waals surface area contributed by atoms with Gasteiger partial charge in [0.05, 0.1) is 24.0 Å². The zero-order chi connectivity index (χ0) is 22.6. The summed E-state index contributed by atoms with van der Waals surface area (Å²) in [6.07, 6.45) is 4.99. The van der Waals surface area contributed by atoms with E-state index in [4.69, 9.17) is 4.74 Å². The summed E-state index contributed by atoms with van der Waals surface area (Å²) in [5.74, 6) is 0.660. The van der Waals surface area contributed by atoms with E-state index < -0.39 is 10.0 Å². The van der Waals surface area contributed by atoms with Crippen molar-refractivity contribution in [2.45, 2.75) is 43.4 Å². The van der Waals surface area contributed by atoms with E-state index in [1.54, 1.807) is 24.3 Å². The van der Waals surface area contributed by atoms with Crippen LogP contribution in [0.15, 0.2) is 29.2 Å². The van der Waals surface area contributed by atoms with Crippen LogP contribution in [0, 0.1) is 11.8 Å². The Labute approximate surface area is 190 Å². The van der Waals surface area contributed by atoms with Crippen LogP contribution in [-0.2, 0) is 30.8 Å². The van der Waals surface area contributed by atoms with Crippen LogP contribution < -0.4 is 5.32 Å². The lowest BCUT2D eigenvalue weighted by Crippen LogP contribution is -2.45. The van der Waals surface area contributed by atoms with E-state index in [-0.39, 0.29) is 22.6 Å².